The van der Waals surface area contributed by atoms with E-state index in [9.17, 15) is 0 Å². The molecule has 150 valence electrons. The molecule has 0 radical (unpaired) electrons. The van der Waals surface area contributed by atoms with Crippen molar-refractivity contribution >= 4 is 28.8 Å². The van der Waals surface area contributed by atoms with Crippen LogP contribution < -0.4 is 4.90 Å². The Balaban J connectivity index is 1.49. The number of nitrogens with zero attached hydrogens (tertiary/aromatic N) is 5. The average molecular weight is 428 g/mol. The number of thiophene rings is 1. The molecule has 2 aliphatic rings. The summed E-state index contributed by atoms with van der Waals surface area (Å²) in [6, 6.07) is 9.96. The zero-order valence-corrected chi connectivity index (χ0v) is 17.6. The minimum atomic E-state index is 0.712. The van der Waals surface area contributed by atoms with E-state index >= 15 is 0 Å². The molecule has 0 saturated carbocycles. The number of fused-ring (bicyclic) bond motifs is 1. The van der Waals surface area contributed by atoms with Crippen LogP contribution in [0.25, 0.3) is 11.5 Å². The van der Waals surface area contributed by atoms with E-state index in [2.05, 4.69) is 20.9 Å². The van der Waals surface area contributed by atoms with Gasteiger partial charge >= 0.3 is 0 Å². The number of ether oxygens (including phenoxy) is 1. The lowest BCUT2D eigenvalue weighted by Gasteiger charge is -2.34. The summed E-state index contributed by atoms with van der Waals surface area (Å²) in [5.74, 6) is 1.75. The Kier molecular flexibility index (Phi) is 5.46. The topological polar surface area (TPSA) is 54.4 Å². The van der Waals surface area contributed by atoms with Crippen molar-refractivity contribution in [2.45, 2.75) is 19.5 Å². The molecule has 0 bridgehead atoms. The van der Waals surface area contributed by atoms with Gasteiger partial charge in [0.05, 0.1) is 23.2 Å². The number of halogens is 1. The fourth-order valence-electron chi connectivity index (χ4n) is 3.89. The molecule has 2 aliphatic heterocycles. The molecule has 6 nitrogen and oxygen atoms in total. The third kappa shape index (κ3) is 4.14. The number of pyridine rings is 1. The molecule has 0 unspecified atom stereocenters. The van der Waals surface area contributed by atoms with E-state index in [0.717, 1.165) is 73.9 Å². The first-order valence-electron chi connectivity index (χ1n) is 9.87. The largest absolute Gasteiger partial charge is 0.378 e. The standard InChI is InChI=1S/C21H22ClN5OS/c22-19-5-4-15(29-19)13-26-8-6-17-16(14-26)21(27-9-11-28-12-10-27)25-20(24-17)18-3-1-2-7-23-18/h1-5,7H,6,8-14H2. The van der Waals surface area contributed by atoms with Crippen molar-refractivity contribution in [3.63, 3.8) is 0 Å². The summed E-state index contributed by atoms with van der Waals surface area (Å²) in [5, 5.41) is 0. The van der Waals surface area contributed by atoms with Gasteiger partial charge in [-0.3, -0.25) is 9.88 Å². The second-order valence-corrected chi connectivity index (χ2v) is 9.08. The van der Waals surface area contributed by atoms with Gasteiger partial charge in [0.25, 0.3) is 0 Å². The Hall–Kier alpha value is -2.06. The van der Waals surface area contributed by atoms with Gasteiger partial charge < -0.3 is 9.64 Å². The van der Waals surface area contributed by atoms with Gasteiger partial charge in [-0.05, 0) is 24.3 Å². The first-order chi connectivity index (χ1) is 14.3. The third-order valence-electron chi connectivity index (χ3n) is 5.33. The zero-order chi connectivity index (χ0) is 19.6. The number of aromatic nitrogens is 3. The molecule has 8 heteroatoms. The molecule has 0 aromatic carbocycles. The smallest absolute Gasteiger partial charge is 0.180 e. The molecule has 5 heterocycles. The third-order valence-corrected chi connectivity index (χ3v) is 6.55. The van der Waals surface area contributed by atoms with Crippen LogP contribution in [0.5, 0.6) is 0 Å². The SMILES string of the molecule is Clc1ccc(CN2CCc3nc(-c4ccccn4)nc(N4CCOCC4)c3C2)s1. The molecule has 3 aromatic rings. The Morgan fingerprint density at radius 1 is 1.07 bits per heavy atom. The van der Waals surface area contributed by atoms with Crippen LogP contribution in [0.15, 0.2) is 36.5 Å². The maximum Gasteiger partial charge on any atom is 0.180 e. The van der Waals surface area contributed by atoms with Crippen LogP contribution in [-0.2, 0) is 24.2 Å². The summed E-state index contributed by atoms with van der Waals surface area (Å²) in [4.78, 5) is 20.4. The van der Waals surface area contributed by atoms with Crippen molar-refractivity contribution in [2.24, 2.45) is 0 Å². The van der Waals surface area contributed by atoms with Gasteiger partial charge in [0.2, 0.25) is 0 Å². The highest BCUT2D eigenvalue weighted by atomic mass is 35.5. The predicted octanol–water partition coefficient (Wildman–Crippen LogP) is 3.65. The lowest BCUT2D eigenvalue weighted by atomic mass is 10.0. The Morgan fingerprint density at radius 3 is 2.72 bits per heavy atom. The fraction of sp³-hybridized carbons (Fsp3) is 0.381. The molecule has 0 amide bonds. The normalized spacial score (nSPS) is 17.3. The summed E-state index contributed by atoms with van der Waals surface area (Å²) in [6.07, 6.45) is 2.70. The molecule has 1 fully saturated rings. The molecule has 0 atom stereocenters. The van der Waals surface area contributed by atoms with Crippen LogP contribution in [0.4, 0.5) is 5.82 Å². The van der Waals surface area contributed by atoms with Crippen LogP contribution >= 0.6 is 22.9 Å². The second-order valence-electron chi connectivity index (χ2n) is 7.28. The molecular weight excluding hydrogens is 406 g/mol. The number of anilines is 1. The van der Waals surface area contributed by atoms with E-state index in [-0.39, 0.29) is 0 Å². The zero-order valence-electron chi connectivity index (χ0n) is 16.1. The maximum absolute atomic E-state index is 6.12. The van der Waals surface area contributed by atoms with E-state index < -0.39 is 0 Å². The fourth-order valence-corrected chi connectivity index (χ4v) is 5.02. The first-order valence-corrected chi connectivity index (χ1v) is 11.1. The van der Waals surface area contributed by atoms with Crippen molar-refractivity contribution in [3.8, 4) is 11.5 Å². The van der Waals surface area contributed by atoms with Gasteiger partial charge in [-0.15, -0.1) is 11.3 Å². The highest BCUT2D eigenvalue weighted by Gasteiger charge is 2.27. The number of hydrogen-bond donors (Lipinski definition) is 0. The summed E-state index contributed by atoms with van der Waals surface area (Å²) in [5.41, 5.74) is 3.20. The molecule has 5 rings (SSSR count). The Bertz CT molecular complexity index is 990. The monoisotopic (exact) mass is 427 g/mol. The van der Waals surface area contributed by atoms with Crippen molar-refractivity contribution in [1.29, 1.82) is 0 Å². The summed E-state index contributed by atoms with van der Waals surface area (Å²) < 4.78 is 6.41. The van der Waals surface area contributed by atoms with Crippen LogP contribution in [0, 0.1) is 0 Å². The van der Waals surface area contributed by atoms with Gasteiger partial charge in [0, 0.05) is 55.8 Å². The van der Waals surface area contributed by atoms with Gasteiger partial charge in [-0.1, -0.05) is 17.7 Å². The lowest BCUT2D eigenvalue weighted by Crippen LogP contribution is -2.39. The van der Waals surface area contributed by atoms with E-state index in [0.29, 0.717) is 5.82 Å². The highest BCUT2D eigenvalue weighted by molar-refractivity contribution is 7.16. The first kappa shape index (κ1) is 18.9. The van der Waals surface area contributed by atoms with Crippen LogP contribution in [0.1, 0.15) is 16.1 Å². The van der Waals surface area contributed by atoms with Crippen molar-refractivity contribution in [2.75, 3.05) is 37.7 Å². The maximum atomic E-state index is 6.12. The van der Waals surface area contributed by atoms with E-state index in [1.165, 1.54) is 10.4 Å². The van der Waals surface area contributed by atoms with Crippen LogP contribution in [0.3, 0.4) is 0 Å². The second kappa shape index (κ2) is 8.36. The summed E-state index contributed by atoms with van der Waals surface area (Å²) in [7, 11) is 0. The van der Waals surface area contributed by atoms with E-state index in [1.54, 1.807) is 17.5 Å². The van der Waals surface area contributed by atoms with E-state index in [1.807, 2.05) is 24.3 Å². The quantitative estimate of drug-likeness (QED) is 0.633. The molecule has 0 aliphatic carbocycles. The number of rotatable bonds is 4. The highest BCUT2D eigenvalue weighted by Crippen LogP contribution is 2.31. The molecular formula is C21H22ClN5OS. The Labute approximate surface area is 179 Å². The van der Waals surface area contributed by atoms with Gasteiger partial charge in [-0.2, -0.15) is 0 Å². The summed E-state index contributed by atoms with van der Waals surface area (Å²) >= 11 is 7.77. The molecule has 0 N–H and O–H groups in total. The van der Waals surface area contributed by atoms with Gasteiger partial charge in [-0.25, -0.2) is 9.97 Å². The van der Waals surface area contributed by atoms with Crippen molar-refractivity contribution in [3.05, 3.63) is 57.0 Å². The van der Waals surface area contributed by atoms with Crippen LogP contribution in [-0.4, -0.2) is 52.7 Å². The molecule has 29 heavy (non-hydrogen) atoms. The summed E-state index contributed by atoms with van der Waals surface area (Å²) in [6.45, 7) is 5.90. The van der Waals surface area contributed by atoms with Crippen LogP contribution in [0.2, 0.25) is 4.34 Å². The molecule has 3 aromatic heterocycles. The Morgan fingerprint density at radius 2 is 1.97 bits per heavy atom. The van der Waals surface area contributed by atoms with Crippen molar-refractivity contribution in [1.82, 2.24) is 19.9 Å². The number of morpholine rings is 1. The van der Waals surface area contributed by atoms with Gasteiger partial charge in [0.1, 0.15) is 11.5 Å². The average Bonchev–Trinajstić information content (AvgIpc) is 3.18. The molecule has 0 spiro atoms. The van der Waals surface area contributed by atoms with Crippen molar-refractivity contribution < 1.29 is 4.74 Å². The predicted molar refractivity (Wildman–Crippen MR) is 115 cm³/mol. The molecule has 1 saturated heterocycles. The number of hydrogen-bond acceptors (Lipinski definition) is 7. The van der Waals surface area contributed by atoms with Gasteiger partial charge in [0.15, 0.2) is 5.82 Å². The minimum absolute atomic E-state index is 0.712. The minimum Gasteiger partial charge on any atom is -0.378 e. The van der Waals surface area contributed by atoms with E-state index in [4.69, 9.17) is 26.3 Å². The lowest BCUT2D eigenvalue weighted by molar-refractivity contribution is 0.122.